The molecule has 4 heteroatoms. The Bertz CT molecular complexity index is 494. The molecule has 1 aromatic heterocycles. The molecule has 0 aliphatic heterocycles. The Labute approximate surface area is 103 Å². The fraction of sp³-hybridized carbons (Fsp3) is 0.0833. The van der Waals surface area contributed by atoms with E-state index >= 15 is 0 Å². The van der Waals surface area contributed by atoms with E-state index in [9.17, 15) is 0 Å². The summed E-state index contributed by atoms with van der Waals surface area (Å²) in [5, 5.41) is 3.21. The lowest BCUT2D eigenvalue weighted by atomic mass is 10.2. The van der Waals surface area contributed by atoms with E-state index < -0.39 is 0 Å². The van der Waals surface area contributed by atoms with Crippen LogP contribution in [0.4, 0.5) is 17.2 Å². The smallest absolute Gasteiger partial charge is 0.130 e. The molecular weight excluding hydrogens is 266 g/mol. The van der Waals surface area contributed by atoms with Crippen molar-refractivity contribution in [2.45, 2.75) is 6.92 Å². The number of nitrogen functional groups attached to an aromatic ring is 1. The first-order chi connectivity index (χ1) is 7.65. The lowest BCUT2D eigenvalue weighted by Gasteiger charge is -2.07. The van der Waals surface area contributed by atoms with E-state index in [1.54, 1.807) is 6.20 Å². The highest BCUT2D eigenvalue weighted by molar-refractivity contribution is 9.10. The fourth-order valence-corrected chi connectivity index (χ4v) is 1.58. The maximum atomic E-state index is 5.71. The first-order valence-corrected chi connectivity index (χ1v) is 5.69. The Morgan fingerprint density at radius 3 is 2.56 bits per heavy atom. The number of nitrogens with zero attached hydrogens (tertiary/aromatic N) is 1. The second-order valence-electron chi connectivity index (χ2n) is 3.56. The van der Waals surface area contributed by atoms with Gasteiger partial charge in [0.1, 0.15) is 5.82 Å². The Balaban J connectivity index is 2.20. The number of halogens is 1. The number of hydrogen-bond acceptors (Lipinski definition) is 3. The first kappa shape index (κ1) is 11.0. The van der Waals surface area contributed by atoms with E-state index in [4.69, 9.17) is 5.73 Å². The van der Waals surface area contributed by atoms with Gasteiger partial charge in [0.15, 0.2) is 0 Å². The van der Waals surface area contributed by atoms with Crippen LogP contribution in [0.1, 0.15) is 5.56 Å². The molecule has 0 saturated heterocycles. The van der Waals surface area contributed by atoms with E-state index in [0.29, 0.717) is 5.69 Å². The number of aryl methyl sites for hydroxylation is 1. The number of hydrogen-bond donors (Lipinski definition) is 2. The molecule has 2 rings (SSSR count). The summed E-state index contributed by atoms with van der Waals surface area (Å²) in [6, 6.07) is 9.85. The third-order valence-electron chi connectivity index (χ3n) is 2.27. The highest BCUT2D eigenvalue weighted by Crippen LogP contribution is 2.20. The summed E-state index contributed by atoms with van der Waals surface area (Å²) in [6.07, 6.45) is 1.66. The van der Waals surface area contributed by atoms with Crippen LogP contribution in [0.2, 0.25) is 0 Å². The Kier molecular flexibility index (Phi) is 3.10. The molecule has 0 atom stereocenters. The van der Waals surface area contributed by atoms with Crippen LogP contribution in [0.3, 0.4) is 0 Å². The van der Waals surface area contributed by atoms with E-state index in [-0.39, 0.29) is 0 Å². The predicted octanol–water partition coefficient (Wildman–Crippen LogP) is 3.48. The van der Waals surface area contributed by atoms with Crippen molar-refractivity contribution in [2.24, 2.45) is 0 Å². The third kappa shape index (κ3) is 2.52. The normalized spacial score (nSPS) is 10.1. The van der Waals surface area contributed by atoms with Crippen molar-refractivity contribution < 1.29 is 0 Å². The topological polar surface area (TPSA) is 50.9 Å². The van der Waals surface area contributed by atoms with Crippen molar-refractivity contribution in [3.63, 3.8) is 0 Å². The van der Waals surface area contributed by atoms with Gasteiger partial charge in [-0.15, -0.1) is 0 Å². The molecule has 0 radical (unpaired) electrons. The Hall–Kier alpha value is -1.55. The van der Waals surface area contributed by atoms with Gasteiger partial charge in [-0.3, -0.25) is 0 Å². The first-order valence-electron chi connectivity index (χ1n) is 4.90. The summed E-state index contributed by atoms with van der Waals surface area (Å²) < 4.78 is 1.06. The van der Waals surface area contributed by atoms with E-state index in [1.807, 2.05) is 37.3 Å². The number of benzene rings is 1. The number of nitrogens with two attached hydrogens (primary N) is 1. The molecule has 16 heavy (non-hydrogen) atoms. The van der Waals surface area contributed by atoms with Gasteiger partial charge in [0.2, 0.25) is 0 Å². The summed E-state index contributed by atoms with van der Waals surface area (Å²) in [5.41, 5.74) is 8.44. The summed E-state index contributed by atoms with van der Waals surface area (Å²) in [6.45, 7) is 1.96. The van der Waals surface area contributed by atoms with Crippen molar-refractivity contribution in [1.82, 2.24) is 4.98 Å². The van der Waals surface area contributed by atoms with Gasteiger partial charge in [-0.25, -0.2) is 4.98 Å². The summed E-state index contributed by atoms with van der Waals surface area (Å²) in [5.74, 6) is 0.800. The molecule has 0 saturated carbocycles. The van der Waals surface area contributed by atoms with Crippen LogP contribution in [0, 0.1) is 6.92 Å². The number of rotatable bonds is 2. The van der Waals surface area contributed by atoms with E-state index in [2.05, 4.69) is 26.2 Å². The molecule has 1 heterocycles. The van der Waals surface area contributed by atoms with Crippen LogP contribution in [0.25, 0.3) is 0 Å². The minimum absolute atomic E-state index is 0.710. The molecule has 0 aliphatic carbocycles. The molecule has 3 nitrogen and oxygen atoms in total. The number of anilines is 3. The van der Waals surface area contributed by atoms with Crippen molar-refractivity contribution >= 4 is 33.1 Å². The number of aromatic nitrogens is 1. The molecule has 0 fully saturated rings. The average molecular weight is 278 g/mol. The van der Waals surface area contributed by atoms with Crippen LogP contribution in [0.5, 0.6) is 0 Å². The molecule has 2 aromatic rings. The largest absolute Gasteiger partial charge is 0.397 e. The zero-order chi connectivity index (χ0) is 11.5. The van der Waals surface area contributed by atoms with Crippen LogP contribution in [-0.4, -0.2) is 4.98 Å². The van der Waals surface area contributed by atoms with Crippen molar-refractivity contribution in [1.29, 1.82) is 0 Å². The van der Waals surface area contributed by atoms with E-state index in [0.717, 1.165) is 21.5 Å². The van der Waals surface area contributed by atoms with Gasteiger partial charge in [0.05, 0.1) is 11.9 Å². The minimum atomic E-state index is 0.710. The summed E-state index contributed by atoms with van der Waals surface area (Å²) >= 11 is 3.39. The number of nitrogens with one attached hydrogen (secondary N) is 1. The quantitative estimate of drug-likeness (QED) is 0.884. The standard InChI is InChI=1S/C12H12BrN3/c1-8-6-12(15-7-11(8)14)16-10-4-2-9(13)3-5-10/h2-7H,14H2,1H3,(H,15,16). The molecule has 0 unspecified atom stereocenters. The van der Waals surface area contributed by atoms with Crippen molar-refractivity contribution in [2.75, 3.05) is 11.1 Å². The highest BCUT2D eigenvalue weighted by atomic mass is 79.9. The summed E-state index contributed by atoms with van der Waals surface area (Å²) in [7, 11) is 0. The molecule has 1 aromatic carbocycles. The zero-order valence-electron chi connectivity index (χ0n) is 8.87. The SMILES string of the molecule is Cc1cc(Nc2ccc(Br)cc2)ncc1N. The number of pyridine rings is 1. The summed E-state index contributed by atoms with van der Waals surface area (Å²) in [4.78, 5) is 4.21. The predicted molar refractivity (Wildman–Crippen MR) is 70.8 cm³/mol. The van der Waals surface area contributed by atoms with Gasteiger partial charge in [0.25, 0.3) is 0 Å². The van der Waals surface area contributed by atoms with E-state index in [1.165, 1.54) is 0 Å². The Morgan fingerprint density at radius 2 is 1.94 bits per heavy atom. The second-order valence-corrected chi connectivity index (χ2v) is 4.47. The molecule has 0 bridgehead atoms. The average Bonchev–Trinajstić information content (AvgIpc) is 2.27. The molecule has 0 aliphatic rings. The van der Waals surface area contributed by atoms with Gasteiger partial charge in [-0.2, -0.15) is 0 Å². The van der Waals surface area contributed by atoms with Crippen molar-refractivity contribution in [3.8, 4) is 0 Å². The van der Waals surface area contributed by atoms with Gasteiger partial charge < -0.3 is 11.1 Å². The monoisotopic (exact) mass is 277 g/mol. The molecule has 0 amide bonds. The zero-order valence-corrected chi connectivity index (χ0v) is 10.5. The van der Waals surface area contributed by atoms with Crippen LogP contribution in [0.15, 0.2) is 41.0 Å². The second kappa shape index (κ2) is 4.53. The lowest BCUT2D eigenvalue weighted by Crippen LogP contribution is -1.96. The minimum Gasteiger partial charge on any atom is -0.397 e. The van der Waals surface area contributed by atoms with Gasteiger partial charge in [0, 0.05) is 10.2 Å². The van der Waals surface area contributed by atoms with Crippen LogP contribution < -0.4 is 11.1 Å². The molecule has 3 N–H and O–H groups in total. The van der Waals surface area contributed by atoms with Gasteiger partial charge in [-0.1, -0.05) is 15.9 Å². The van der Waals surface area contributed by atoms with Crippen molar-refractivity contribution in [3.05, 3.63) is 46.6 Å². The lowest BCUT2D eigenvalue weighted by molar-refractivity contribution is 1.28. The maximum Gasteiger partial charge on any atom is 0.130 e. The van der Waals surface area contributed by atoms with Gasteiger partial charge in [-0.05, 0) is 42.8 Å². The maximum absolute atomic E-state index is 5.71. The fourth-order valence-electron chi connectivity index (χ4n) is 1.32. The third-order valence-corrected chi connectivity index (χ3v) is 2.80. The molecule has 82 valence electrons. The Morgan fingerprint density at radius 1 is 1.25 bits per heavy atom. The van der Waals surface area contributed by atoms with Crippen LogP contribution >= 0.6 is 15.9 Å². The van der Waals surface area contributed by atoms with Gasteiger partial charge >= 0.3 is 0 Å². The van der Waals surface area contributed by atoms with Crippen LogP contribution in [-0.2, 0) is 0 Å². The highest BCUT2D eigenvalue weighted by Gasteiger charge is 1.99. The molecular formula is C12H12BrN3. The molecule has 0 spiro atoms.